The summed E-state index contributed by atoms with van der Waals surface area (Å²) < 4.78 is 93.2. The molecule has 5 aromatic rings. The van der Waals surface area contributed by atoms with Gasteiger partial charge in [-0.15, -0.1) is 0 Å². The molecule has 4 atom stereocenters. The van der Waals surface area contributed by atoms with Crippen LogP contribution in [0.5, 0.6) is 0 Å². The molecule has 1 saturated heterocycles. The number of rotatable bonds is 2. The molecule has 4 heterocycles. The van der Waals surface area contributed by atoms with Crippen LogP contribution in [0.25, 0.3) is 43.6 Å². The van der Waals surface area contributed by atoms with Crippen LogP contribution in [0, 0.1) is 23.3 Å². The number of alkyl halides is 2. The monoisotopic (exact) mass is 579 g/mol. The molecular formula is C26H15F6N3O6. The van der Waals surface area contributed by atoms with Crippen LogP contribution < -0.4 is 5.32 Å². The molecule has 212 valence electrons. The van der Waals surface area contributed by atoms with Gasteiger partial charge >= 0.3 is 5.92 Å². The molecule has 2 amide bonds. The van der Waals surface area contributed by atoms with Gasteiger partial charge in [-0.05, 0) is 12.1 Å². The molecule has 0 saturated carbocycles. The van der Waals surface area contributed by atoms with Crippen LogP contribution in [-0.4, -0.2) is 67.5 Å². The number of aliphatic hydroxyl groups excluding tert-OH is 3. The lowest BCUT2D eigenvalue weighted by molar-refractivity contribution is -0.309. The Morgan fingerprint density at radius 1 is 0.878 bits per heavy atom. The summed E-state index contributed by atoms with van der Waals surface area (Å²) in [5.41, 5.74) is -1.44. The van der Waals surface area contributed by atoms with Gasteiger partial charge in [0.1, 0.15) is 12.2 Å². The zero-order chi connectivity index (χ0) is 29.3. The third kappa shape index (κ3) is 3.16. The first-order valence-electron chi connectivity index (χ1n) is 12.0. The minimum Gasteiger partial charge on any atom is -0.393 e. The van der Waals surface area contributed by atoms with E-state index in [0.29, 0.717) is 12.1 Å². The van der Waals surface area contributed by atoms with Crippen molar-refractivity contribution in [1.29, 1.82) is 0 Å². The highest BCUT2D eigenvalue weighted by Gasteiger charge is 2.58. The van der Waals surface area contributed by atoms with Crippen molar-refractivity contribution >= 4 is 55.4 Å². The molecule has 7 rings (SSSR count). The number of benzene rings is 3. The molecule has 2 aliphatic heterocycles. The first-order chi connectivity index (χ1) is 19.4. The standard InChI is InChI=1S/C26H15F6N3O6/c27-8-1-6-12(3-10(8)29)33-19-15(6)17-18(24(40)34-23(17)39)16-7-2-9(28)11(30)4-13(7)35(20(16)19)25-21(37)22(38)26(31,32)14(5-36)41-25/h1-4,14,21-22,25,33,36-38H,5H2,(H,34,39,40)/t14-,21-,22-,25?/m1/s1. The lowest BCUT2D eigenvalue weighted by Crippen LogP contribution is -2.60. The molecule has 2 aliphatic rings. The van der Waals surface area contributed by atoms with Gasteiger partial charge < -0.3 is 29.6 Å². The number of imide groups is 1. The first-order valence-corrected chi connectivity index (χ1v) is 12.0. The Kier molecular flexibility index (Phi) is 5.15. The molecule has 3 aromatic carbocycles. The van der Waals surface area contributed by atoms with E-state index in [-0.39, 0.29) is 54.7 Å². The van der Waals surface area contributed by atoms with Gasteiger partial charge in [-0.1, -0.05) is 0 Å². The maximum absolute atomic E-state index is 14.6. The fraction of sp³-hybridized carbons (Fsp3) is 0.231. The van der Waals surface area contributed by atoms with Gasteiger partial charge in [-0.3, -0.25) is 14.9 Å². The summed E-state index contributed by atoms with van der Waals surface area (Å²) in [6.07, 6.45) is -9.62. The van der Waals surface area contributed by atoms with Gasteiger partial charge in [0.15, 0.2) is 35.6 Å². The van der Waals surface area contributed by atoms with Crippen molar-refractivity contribution in [2.45, 2.75) is 30.5 Å². The van der Waals surface area contributed by atoms with E-state index >= 15 is 0 Å². The van der Waals surface area contributed by atoms with Crippen molar-refractivity contribution in [3.8, 4) is 0 Å². The quantitative estimate of drug-likeness (QED) is 0.161. The molecule has 9 nitrogen and oxygen atoms in total. The van der Waals surface area contributed by atoms with E-state index in [4.69, 9.17) is 4.74 Å². The van der Waals surface area contributed by atoms with Crippen molar-refractivity contribution in [3.05, 3.63) is 58.7 Å². The Hall–Kier alpha value is -4.18. The average molecular weight is 579 g/mol. The normalized spacial score (nSPS) is 24.2. The highest BCUT2D eigenvalue weighted by molar-refractivity contribution is 6.39. The van der Waals surface area contributed by atoms with Crippen LogP contribution >= 0.6 is 0 Å². The number of ether oxygens (including phenoxy) is 1. The molecular weight excluding hydrogens is 564 g/mol. The van der Waals surface area contributed by atoms with Gasteiger partial charge in [-0.2, -0.15) is 0 Å². The van der Waals surface area contributed by atoms with E-state index in [1.165, 1.54) is 0 Å². The number of amides is 2. The number of aromatic amines is 1. The van der Waals surface area contributed by atoms with E-state index < -0.39 is 72.2 Å². The molecule has 0 bridgehead atoms. The van der Waals surface area contributed by atoms with E-state index in [1.807, 2.05) is 0 Å². The van der Waals surface area contributed by atoms with Crippen molar-refractivity contribution in [2.75, 3.05) is 6.61 Å². The summed E-state index contributed by atoms with van der Waals surface area (Å²) >= 11 is 0. The van der Waals surface area contributed by atoms with Gasteiger partial charge in [0.2, 0.25) is 0 Å². The fourth-order valence-electron chi connectivity index (χ4n) is 5.92. The van der Waals surface area contributed by atoms with Crippen LogP contribution in [0.4, 0.5) is 26.3 Å². The Labute approximate surface area is 222 Å². The molecule has 41 heavy (non-hydrogen) atoms. The second kappa shape index (κ2) is 8.19. The fourth-order valence-corrected chi connectivity index (χ4v) is 5.92. The summed E-state index contributed by atoms with van der Waals surface area (Å²) in [5, 5.41) is 32.1. The van der Waals surface area contributed by atoms with E-state index in [0.717, 1.165) is 16.7 Å². The number of fused-ring (bicyclic) bond motifs is 10. The van der Waals surface area contributed by atoms with E-state index in [1.54, 1.807) is 0 Å². The summed E-state index contributed by atoms with van der Waals surface area (Å²) in [5.74, 6) is -11.4. The number of hydrogen-bond donors (Lipinski definition) is 5. The van der Waals surface area contributed by atoms with Crippen LogP contribution in [-0.2, 0) is 4.74 Å². The van der Waals surface area contributed by atoms with E-state index in [9.17, 15) is 51.3 Å². The van der Waals surface area contributed by atoms with Crippen LogP contribution in [0.1, 0.15) is 26.9 Å². The Morgan fingerprint density at radius 2 is 1.46 bits per heavy atom. The Balaban J connectivity index is 1.73. The van der Waals surface area contributed by atoms with Gasteiger partial charge in [0, 0.05) is 39.2 Å². The topological polar surface area (TPSA) is 137 Å². The van der Waals surface area contributed by atoms with Crippen molar-refractivity contribution in [1.82, 2.24) is 14.9 Å². The van der Waals surface area contributed by atoms with Crippen LogP contribution in [0.15, 0.2) is 24.3 Å². The Morgan fingerprint density at radius 3 is 2.12 bits per heavy atom. The van der Waals surface area contributed by atoms with Gasteiger partial charge in [-0.25, -0.2) is 26.3 Å². The molecule has 1 unspecified atom stereocenters. The van der Waals surface area contributed by atoms with Crippen LogP contribution in [0.2, 0.25) is 0 Å². The molecule has 15 heteroatoms. The minimum absolute atomic E-state index is 0.0685. The first kappa shape index (κ1) is 25.8. The maximum Gasteiger partial charge on any atom is 0.304 e. The molecule has 0 aliphatic carbocycles. The number of carbonyl (C=O) groups is 2. The number of aromatic nitrogens is 2. The summed E-state index contributed by atoms with van der Waals surface area (Å²) in [6, 6.07) is 2.83. The molecule has 0 spiro atoms. The highest BCUT2D eigenvalue weighted by atomic mass is 19.3. The molecule has 0 radical (unpaired) electrons. The van der Waals surface area contributed by atoms with Gasteiger partial charge in [0.25, 0.3) is 11.8 Å². The largest absolute Gasteiger partial charge is 0.393 e. The van der Waals surface area contributed by atoms with Crippen molar-refractivity contribution < 1.29 is 56.0 Å². The highest BCUT2D eigenvalue weighted by Crippen LogP contribution is 2.48. The van der Waals surface area contributed by atoms with Crippen LogP contribution in [0.3, 0.4) is 0 Å². The number of carbonyl (C=O) groups excluding carboxylic acids is 2. The lowest BCUT2D eigenvalue weighted by Gasteiger charge is -2.42. The molecule has 5 N–H and O–H groups in total. The third-order valence-electron chi connectivity index (χ3n) is 7.72. The van der Waals surface area contributed by atoms with Gasteiger partial charge in [0.05, 0.1) is 34.3 Å². The zero-order valence-corrected chi connectivity index (χ0v) is 20.1. The smallest absolute Gasteiger partial charge is 0.304 e. The predicted molar refractivity (Wildman–Crippen MR) is 128 cm³/mol. The Bertz CT molecular complexity index is 2020. The lowest BCUT2D eigenvalue weighted by atomic mass is 9.96. The number of nitrogens with one attached hydrogen (secondary N) is 2. The number of hydrogen-bond acceptors (Lipinski definition) is 6. The predicted octanol–water partition coefficient (Wildman–Crippen LogP) is 3.12. The summed E-state index contributed by atoms with van der Waals surface area (Å²) in [4.78, 5) is 28.9. The van der Waals surface area contributed by atoms with Crippen molar-refractivity contribution in [2.24, 2.45) is 0 Å². The second-order valence-corrected chi connectivity index (χ2v) is 9.91. The molecule has 2 aromatic heterocycles. The van der Waals surface area contributed by atoms with E-state index in [2.05, 4.69) is 10.3 Å². The summed E-state index contributed by atoms with van der Waals surface area (Å²) in [6.45, 7) is -1.32. The number of aliphatic hydroxyl groups is 3. The minimum atomic E-state index is -4.14. The number of nitrogens with zero attached hydrogens (tertiary/aromatic N) is 1. The average Bonchev–Trinajstić information content (AvgIpc) is 3.52. The number of H-pyrrole nitrogens is 1. The van der Waals surface area contributed by atoms with Crippen molar-refractivity contribution in [3.63, 3.8) is 0 Å². The molecule has 1 fully saturated rings. The summed E-state index contributed by atoms with van der Waals surface area (Å²) in [7, 11) is 0. The number of halogens is 6. The SMILES string of the molecule is O=C1NC(=O)c2c1c1c3cc(F)c(F)cc3[nH]c1c1c2c2cc(F)c(F)cc2n1C1O[C@H](CO)C(F)(F)[C@H](O)[C@H]1O. The maximum atomic E-state index is 14.6. The second-order valence-electron chi connectivity index (χ2n) is 9.91. The third-order valence-corrected chi connectivity index (χ3v) is 7.72. The zero-order valence-electron chi connectivity index (χ0n) is 20.1.